The molecular formula is C20H29N3O4. The van der Waals surface area contributed by atoms with Crippen molar-refractivity contribution in [3.8, 4) is 12.3 Å². The number of nitrogens with zero attached hydrogens (tertiary/aromatic N) is 1. The molecule has 2 saturated heterocycles. The molecule has 0 aromatic rings. The summed E-state index contributed by atoms with van der Waals surface area (Å²) in [6, 6.07) is -0.831. The minimum absolute atomic E-state index is 0.0231. The van der Waals surface area contributed by atoms with E-state index in [0.29, 0.717) is 25.4 Å². The van der Waals surface area contributed by atoms with E-state index in [-0.39, 0.29) is 24.2 Å². The SMILES string of the molecule is C#CC(CC(=O)O)NC(=O)[C@@H]1CCCN(C(=O)/C(C)=C/C2CCNCC2)C1. The van der Waals surface area contributed by atoms with Gasteiger partial charge in [-0.1, -0.05) is 12.0 Å². The van der Waals surface area contributed by atoms with E-state index < -0.39 is 12.0 Å². The summed E-state index contributed by atoms with van der Waals surface area (Å²) in [6.07, 6.45) is 10.5. The van der Waals surface area contributed by atoms with Gasteiger partial charge in [0.25, 0.3) is 0 Å². The van der Waals surface area contributed by atoms with Gasteiger partial charge in [0, 0.05) is 18.7 Å². The number of allylic oxidation sites excluding steroid dienone is 1. The molecule has 0 spiro atoms. The van der Waals surface area contributed by atoms with Crippen LogP contribution in [0.5, 0.6) is 0 Å². The van der Waals surface area contributed by atoms with Crippen LogP contribution in [0.2, 0.25) is 0 Å². The van der Waals surface area contributed by atoms with Crippen LogP contribution in [0.3, 0.4) is 0 Å². The van der Waals surface area contributed by atoms with Crippen LogP contribution in [0, 0.1) is 24.2 Å². The highest BCUT2D eigenvalue weighted by Gasteiger charge is 2.30. The van der Waals surface area contributed by atoms with E-state index in [1.165, 1.54) is 0 Å². The van der Waals surface area contributed by atoms with Crippen LogP contribution in [-0.2, 0) is 14.4 Å². The van der Waals surface area contributed by atoms with Gasteiger partial charge in [0.15, 0.2) is 0 Å². The Balaban J connectivity index is 1.93. The highest BCUT2D eigenvalue weighted by Crippen LogP contribution is 2.21. The first-order valence-corrected chi connectivity index (χ1v) is 9.57. The summed E-state index contributed by atoms with van der Waals surface area (Å²) in [5.74, 6) is 0.992. The number of piperidine rings is 2. The van der Waals surface area contributed by atoms with Crippen molar-refractivity contribution in [3.63, 3.8) is 0 Å². The van der Waals surface area contributed by atoms with Crippen molar-refractivity contribution in [1.29, 1.82) is 0 Å². The molecule has 7 nitrogen and oxygen atoms in total. The number of nitrogens with one attached hydrogen (secondary N) is 2. The fraction of sp³-hybridized carbons (Fsp3) is 0.650. The number of likely N-dealkylation sites (tertiary alicyclic amines) is 1. The Morgan fingerprint density at radius 2 is 2.04 bits per heavy atom. The maximum Gasteiger partial charge on any atom is 0.306 e. The summed E-state index contributed by atoms with van der Waals surface area (Å²) < 4.78 is 0. The highest BCUT2D eigenvalue weighted by molar-refractivity contribution is 5.93. The zero-order chi connectivity index (χ0) is 19.8. The second-order valence-corrected chi connectivity index (χ2v) is 7.35. The molecule has 0 aromatic heterocycles. The Morgan fingerprint density at radius 3 is 2.67 bits per heavy atom. The van der Waals surface area contributed by atoms with Gasteiger partial charge in [-0.3, -0.25) is 14.4 Å². The molecule has 0 saturated carbocycles. The normalized spacial score (nSPS) is 22.6. The summed E-state index contributed by atoms with van der Waals surface area (Å²) in [5.41, 5.74) is 0.732. The lowest BCUT2D eigenvalue weighted by molar-refractivity contribution is -0.137. The first-order valence-electron chi connectivity index (χ1n) is 9.57. The number of hydrogen-bond acceptors (Lipinski definition) is 4. The Kier molecular flexibility index (Phi) is 7.86. The number of carbonyl (C=O) groups excluding carboxylic acids is 2. The average molecular weight is 375 g/mol. The van der Waals surface area contributed by atoms with Crippen molar-refractivity contribution in [3.05, 3.63) is 11.6 Å². The topological polar surface area (TPSA) is 98.7 Å². The van der Waals surface area contributed by atoms with Gasteiger partial charge in [-0.15, -0.1) is 6.42 Å². The molecule has 2 rings (SSSR count). The molecule has 0 bridgehead atoms. The molecule has 2 atom stereocenters. The molecule has 2 aliphatic heterocycles. The minimum Gasteiger partial charge on any atom is -0.481 e. The maximum atomic E-state index is 12.8. The van der Waals surface area contributed by atoms with E-state index in [4.69, 9.17) is 11.5 Å². The van der Waals surface area contributed by atoms with Crippen LogP contribution >= 0.6 is 0 Å². The molecule has 1 unspecified atom stereocenters. The summed E-state index contributed by atoms with van der Waals surface area (Å²) in [6.45, 7) is 4.76. The van der Waals surface area contributed by atoms with Gasteiger partial charge >= 0.3 is 5.97 Å². The van der Waals surface area contributed by atoms with Gasteiger partial charge in [0.2, 0.25) is 11.8 Å². The van der Waals surface area contributed by atoms with Crippen molar-refractivity contribution in [2.45, 2.75) is 45.1 Å². The van der Waals surface area contributed by atoms with Crippen molar-refractivity contribution < 1.29 is 19.5 Å². The third kappa shape index (κ3) is 6.40. The standard InChI is InChI=1S/C20H29N3O4/c1-3-17(12-18(24)25)22-19(26)16-5-4-10-23(13-16)20(27)14(2)11-15-6-8-21-9-7-15/h1,11,15-17,21H,4-10,12-13H2,2H3,(H,22,26)(H,24,25)/b14-11+/t16-,17?/m1/s1. The van der Waals surface area contributed by atoms with Gasteiger partial charge in [0.1, 0.15) is 6.04 Å². The Bertz CT molecular complexity index is 632. The molecule has 2 fully saturated rings. The highest BCUT2D eigenvalue weighted by atomic mass is 16.4. The fourth-order valence-corrected chi connectivity index (χ4v) is 3.68. The Labute approximate surface area is 160 Å². The lowest BCUT2D eigenvalue weighted by Gasteiger charge is -2.33. The van der Waals surface area contributed by atoms with Crippen LogP contribution < -0.4 is 10.6 Å². The number of aliphatic carboxylic acids is 1. The number of terminal acetylenes is 1. The average Bonchev–Trinajstić information content (AvgIpc) is 2.67. The minimum atomic E-state index is -1.06. The van der Waals surface area contributed by atoms with Gasteiger partial charge in [-0.05, 0) is 51.6 Å². The lowest BCUT2D eigenvalue weighted by Crippen LogP contribution is -2.48. The molecule has 7 heteroatoms. The zero-order valence-electron chi connectivity index (χ0n) is 15.9. The van der Waals surface area contributed by atoms with Crippen LogP contribution in [-0.4, -0.2) is 60.0 Å². The van der Waals surface area contributed by atoms with E-state index >= 15 is 0 Å². The number of hydrogen-bond donors (Lipinski definition) is 3. The van der Waals surface area contributed by atoms with Crippen LogP contribution in [0.4, 0.5) is 0 Å². The predicted octanol–water partition coefficient (Wildman–Crippen LogP) is 0.764. The first kappa shape index (κ1) is 21.0. The maximum absolute atomic E-state index is 12.8. The number of rotatable bonds is 6. The van der Waals surface area contributed by atoms with E-state index in [0.717, 1.165) is 37.9 Å². The lowest BCUT2D eigenvalue weighted by atomic mass is 9.94. The molecule has 3 N–H and O–H groups in total. The predicted molar refractivity (Wildman–Crippen MR) is 102 cm³/mol. The van der Waals surface area contributed by atoms with Crippen LogP contribution in [0.15, 0.2) is 11.6 Å². The fourth-order valence-electron chi connectivity index (χ4n) is 3.68. The molecular weight excluding hydrogens is 346 g/mol. The molecule has 2 amide bonds. The van der Waals surface area contributed by atoms with E-state index in [2.05, 4.69) is 22.6 Å². The van der Waals surface area contributed by atoms with Gasteiger partial charge < -0.3 is 20.6 Å². The summed E-state index contributed by atoms with van der Waals surface area (Å²) in [5, 5.41) is 14.8. The van der Waals surface area contributed by atoms with Gasteiger partial charge in [-0.2, -0.15) is 0 Å². The molecule has 148 valence electrons. The van der Waals surface area contributed by atoms with Gasteiger partial charge in [-0.25, -0.2) is 0 Å². The smallest absolute Gasteiger partial charge is 0.306 e. The molecule has 2 heterocycles. The monoisotopic (exact) mass is 375 g/mol. The third-order valence-corrected chi connectivity index (χ3v) is 5.18. The van der Waals surface area contributed by atoms with Crippen LogP contribution in [0.1, 0.15) is 39.0 Å². The number of amides is 2. The Hall–Kier alpha value is -2.33. The quantitative estimate of drug-likeness (QED) is 0.470. The molecule has 0 radical (unpaired) electrons. The number of carboxylic acids is 1. The van der Waals surface area contributed by atoms with E-state index in [9.17, 15) is 14.4 Å². The van der Waals surface area contributed by atoms with Crippen LogP contribution in [0.25, 0.3) is 0 Å². The van der Waals surface area contributed by atoms with Crippen molar-refractivity contribution in [1.82, 2.24) is 15.5 Å². The molecule has 27 heavy (non-hydrogen) atoms. The van der Waals surface area contributed by atoms with E-state index in [1.54, 1.807) is 4.90 Å². The number of carbonyl (C=O) groups is 3. The molecule has 0 aromatic carbocycles. The van der Waals surface area contributed by atoms with Gasteiger partial charge in [0.05, 0.1) is 12.3 Å². The summed E-state index contributed by atoms with van der Waals surface area (Å²) in [7, 11) is 0. The van der Waals surface area contributed by atoms with E-state index in [1.807, 2.05) is 6.92 Å². The zero-order valence-corrected chi connectivity index (χ0v) is 15.9. The van der Waals surface area contributed by atoms with Crippen molar-refractivity contribution in [2.75, 3.05) is 26.2 Å². The molecule has 2 aliphatic rings. The second kappa shape index (κ2) is 10.1. The third-order valence-electron chi connectivity index (χ3n) is 5.18. The number of carboxylic acid groups (broad SMARTS) is 1. The largest absolute Gasteiger partial charge is 0.481 e. The van der Waals surface area contributed by atoms with Crippen molar-refractivity contribution >= 4 is 17.8 Å². The summed E-state index contributed by atoms with van der Waals surface area (Å²) in [4.78, 5) is 37.7. The Morgan fingerprint density at radius 1 is 1.33 bits per heavy atom. The molecule has 0 aliphatic carbocycles. The van der Waals surface area contributed by atoms with Crippen molar-refractivity contribution in [2.24, 2.45) is 11.8 Å². The summed E-state index contributed by atoms with van der Waals surface area (Å²) >= 11 is 0. The first-order chi connectivity index (χ1) is 12.9. The second-order valence-electron chi connectivity index (χ2n) is 7.35.